The molecular formula is C19H28ClN2O3+. The van der Waals surface area contributed by atoms with Gasteiger partial charge in [-0.1, -0.05) is 18.0 Å². The fraction of sp³-hybridized carbons (Fsp3) is 0.632. The molecule has 1 amide bonds. The second-order valence-electron chi connectivity index (χ2n) is 7.08. The van der Waals surface area contributed by atoms with E-state index in [2.05, 4.69) is 5.32 Å². The minimum atomic E-state index is -0.114. The van der Waals surface area contributed by atoms with E-state index >= 15 is 0 Å². The summed E-state index contributed by atoms with van der Waals surface area (Å²) in [5.41, 5.74) is 0.627. The van der Waals surface area contributed by atoms with Crippen molar-refractivity contribution in [2.75, 3.05) is 40.0 Å². The molecule has 0 spiro atoms. The summed E-state index contributed by atoms with van der Waals surface area (Å²) in [6, 6.07) is 5.14. The third-order valence-electron chi connectivity index (χ3n) is 5.65. The van der Waals surface area contributed by atoms with Crippen molar-refractivity contribution in [1.82, 2.24) is 5.32 Å². The Morgan fingerprint density at radius 2 is 2.00 bits per heavy atom. The Labute approximate surface area is 154 Å². The van der Waals surface area contributed by atoms with Gasteiger partial charge in [0.1, 0.15) is 24.4 Å². The summed E-state index contributed by atoms with van der Waals surface area (Å²) in [6.07, 6.45) is 6.09. The molecular weight excluding hydrogens is 340 g/mol. The van der Waals surface area contributed by atoms with Crippen LogP contribution in [0.1, 0.15) is 42.5 Å². The van der Waals surface area contributed by atoms with Gasteiger partial charge in [0.05, 0.1) is 32.4 Å². The van der Waals surface area contributed by atoms with Gasteiger partial charge in [-0.25, -0.2) is 0 Å². The van der Waals surface area contributed by atoms with Crippen molar-refractivity contribution in [2.45, 2.75) is 37.6 Å². The number of benzene rings is 1. The maximum Gasteiger partial charge on any atom is 0.255 e. The van der Waals surface area contributed by atoms with Crippen molar-refractivity contribution < 1.29 is 19.2 Å². The highest BCUT2D eigenvalue weighted by Crippen LogP contribution is 2.26. The average Bonchev–Trinajstić information content (AvgIpc) is 2.67. The molecule has 1 aliphatic carbocycles. The molecule has 1 saturated carbocycles. The van der Waals surface area contributed by atoms with Gasteiger partial charge >= 0.3 is 0 Å². The number of carbonyl (C=O) groups is 1. The smallest absolute Gasteiger partial charge is 0.255 e. The number of carbonyl (C=O) groups excluding carboxylic acids is 1. The van der Waals surface area contributed by atoms with Gasteiger partial charge in [0, 0.05) is 17.9 Å². The first-order chi connectivity index (χ1) is 12.1. The van der Waals surface area contributed by atoms with Crippen LogP contribution in [0.3, 0.4) is 0 Å². The van der Waals surface area contributed by atoms with E-state index in [1.54, 1.807) is 30.2 Å². The Morgan fingerprint density at radius 1 is 1.28 bits per heavy atom. The first-order valence-electron chi connectivity index (χ1n) is 9.19. The van der Waals surface area contributed by atoms with Crippen LogP contribution in [0.4, 0.5) is 0 Å². The number of quaternary nitrogens is 1. The number of halogens is 1. The van der Waals surface area contributed by atoms with Gasteiger partial charge in [0.2, 0.25) is 0 Å². The van der Waals surface area contributed by atoms with E-state index in [1.165, 1.54) is 19.3 Å². The molecule has 2 aliphatic rings. The molecule has 1 saturated heterocycles. The van der Waals surface area contributed by atoms with Gasteiger partial charge < -0.3 is 19.7 Å². The van der Waals surface area contributed by atoms with E-state index < -0.39 is 0 Å². The van der Waals surface area contributed by atoms with E-state index in [9.17, 15) is 4.79 Å². The predicted molar refractivity (Wildman–Crippen MR) is 97.7 cm³/mol. The number of hydrogen-bond acceptors (Lipinski definition) is 3. The molecule has 138 valence electrons. The quantitative estimate of drug-likeness (QED) is 0.832. The lowest BCUT2D eigenvalue weighted by Gasteiger charge is -2.45. The molecule has 6 heteroatoms. The molecule has 1 heterocycles. The summed E-state index contributed by atoms with van der Waals surface area (Å²) in [4.78, 5) is 14.3. The van der Waals surface area contributed by atoms with Crippen LogP contribution in [0.25, 0.3) is 0 Å². The minimum absolute atomic E-state index is 0.114. The zero-order valence-corrected chi connectivity index (χ0v) is 15.7. The van der Waals surface area contributed by atoms with Gasteiger partial charge in [-0.15, -0.1) is 0 Å². The third-order valence-corrected chi connectivity index (χ3v) is 5.89. The Hall–Kier alpha value is -1.30. The average molecular weight is 368 g/mol. The fourth-order valence-corrected chi connectivity index (χ4v) is 4.41. The van der Waals surface area contributed by atoms with Crippen LogP contribution >= 0.6 is 11.6 Å². The molecule has 2 N–H and O–H groups in total. The summed E-state index contributed by atoms with van der Waals surface area (Å²) >= 11 is 6.06. The van der Waals surface area contributed by atoms with Crippen molar-refractivity contribution in [1.29, 1.82) is 0 Å². The van der Waals surface area contributed by atoms with Crippen LogP contribution in [0.15, 0.2) is 18.2 Å². The number of morpholine rings is 1. The second-order valence-corrected chi connectivity index (χ2v) is 7.52. The van der Waals surface area contributed by atoms with Crippen molar-refractivity contribution in [3.8, 4) is 5.75 Å². The van der Waals surface area contributed by atoms with Crippen LogP contribution in [0, 0.1) is 0 Å². The second kappa shape index (κ2) is 8.39. The Bertz CT molecular complexity index is 596. The molecule has 0 aromatic heterocycles. The largest absolute Gasteiger partial charge is 0.496 e. The van der Waals surface area contributed by atoms with Crippen LogP contribution in [-0.2, 0) is 4.74 Å². The number of methoxy groups -OCH3 is 1. The Balaban J connectivity index is 1.72. The monoisotopic (exact) mass is 367 g/mol. The third kappa shape index (κ3) is 4.27. The van der Waals surface area contributed by atoms with Crippen LogP contribution in [-0.4, -0.2) is 51.4 Å². The van der Waals surface area contributed by atoms with E-state index in [0.29, 0.717) is 22.9 Å². The highest BCUT2D eigenvalue weighted by Gasteiger charge is 2.42. The zero-order chi connectivity index (χ0) is 17.7. The van der Waals surface area contributed by atoms with Crippen LogP contribution in [0.5, 0.6) is 5.75 Å². The van der Waals surface area contributed by atoms with E-state index in [4.69, 9.17) is 21.1 Å². The Morgan fingerprint density at radius 3 is 2.68 bits per heavy atom. The van der Waals surface area contributed by atoms with Gasteiger partial charge in [0.15, 0.2) is 0 Å². The van der Waals surface area contributed by atoms with Crippen LogP contribution < -0.4 is 15.0 Å². The lowest BCUT2D eigenvalue weighted by atomic mass is 9.79. The maximum atomic E-state index is 12.8. The van der Waals surface area contributed by atoms with Gasteiger partial charge in [-0.2, -0.15) is 0 Å². The molecule has 25 heavy (non-hydrogen) atoms. The Kier molecular flexibility index (Phi) is 6.20. The zero-order valence-electron chi connectivity index (χ0n) is 14.9. The summed E-state index contributed by atoms with van der Waals surface area (Å²) in [7, 11) is 1.57. The molecule has 3 rings (SSSR count). The highest BCUT2D eigenvalue weighted by molar-refractivity contribution is 6.31. The number of nitrogens with one attached hydrogen (secondary N) is 2. The van der Waals surface area contributed by atoms with Crippen molar-refractivity contribution in [2.24, 2.45) is 0 Å². The number of amides is 1. The summed E-state index contributed by atoms with van der Waals surface area (Å²) in [5, 5.41) is 3.71. The minimum Gasteiger partial charge on any atom is -0.496 e. The molecule has 1 aliphatic heterocycles. The van der Waals surface area contributed by atoms with Gasteiger partial charge in [-0.3, -0.25) is 4.79 Å². The first-order valence-corrected chi connectivity index (χ1v) is 9.57. The van der Waals surface area contributed by atoms with E-state index in [-0.39, 0.29) is 11.4 Å². The summed E-state index contributed by atoms with van der Waals surface area (Å²) < 4.78 is 10.8. The summed E-state index contributed by atoms with van der Waals surface area (Å²) in [5.74, 6) is 0.440. The van der Waals surface area contributed by atoms with Gasteiger partial charge in [-0.05, 0) is 31.0 Å². The van der Waals surface area contributed by atoms with Crippen molar-refractivity contribution >= 4 is 17.5 Å². The molecule has 1 aromatic rings. The molecule has 5 nitrogen and oxygen atoms in total. The SMILES string of the molecule is COc1ccc(Cl)cc1C(=O)NCC1([NH+]2CCOCC2)CCCCC1. The molecule has 0 atom stereocenters. The predicted octanol–water partition coefficient (Wildman–Crippen LogP) is 1.70. The van der Waals surface area contributed by atoms with Crippen molar-refractivity contribution in [3.63, 3.8) is 0 Å². The highest BCUT2D eigenvalue weighted by atomic mass is 35.5. The standard InChI is InChI=1S/C19H27ClN2O3/c1-24-17-6-5-15(20)13-16(17)18(23)21-14-19(7-3-2-4-8-19)22-9-11-25-12-10-22/h5-6,13H,2-4,7-12,14H2,1H3,(H,21,23)/p+1. The normalized spacial score (nSPS) is 20.9. The molecule has 1 aromatic carbocycles. The van der Waals surface area contributed by atoms with E-state index in [0.717, 1.165) is 39.1 Å². The fourth-order valence-electron chi connectivity index (χ4n) is 4.23. The number of ether oxygens (including phenoxy) is 2. The lowest BCUT2D eigenvalue weighted by molar-refractivity contribution is -0.960. The van der Waals surface area contributed by atoms with E-state index in [1.807, 2.05) is 0 Å². The number of hydrogen-bond donors (Lipinski definition) is 2. The lowest BCUT2D eigenvalue weighted by Crippen LogP contribution is -3.23. The maximum absolute atomic E-state index is 12.8. The van der Waals surface area contributed by atoms with Crippen LogP contribution in [0.2, 0.25) is 5.02 Å². The topological polar surface area (TPSA) is 52.0 Å². The first kappa shape index (κ1) is 18.5. The molecule has 0 radical (unpaired) electrons. The molecule has 0 bridgehead atoms. The molecule has 2 fully saturated rings. The molecule has 0 unspecified atom stereocenters. The van der Waals surface area contributed by atoms with Gasteiger partial charge in [0.25, 0.3) is 5.91 Å². The van der Waals surface area contributed by atoms with Crippen molar-refractivity contribution in [3.05, 3.63) is 28.8 Å². The summed E-state index contributed by atoms with van der Waals surface area (Å²) in [6.45, 7) is 4.36. The number of rotatable bonds is 5.